The Kier molecular flexibility index (Phi) is 8.04. The van der Waals surface area contributed by atoms with Crippen LogP contribution in [0, 0.1) is 17.6 Å². The number of carbonyl (C=O) groups is 1. The smallest absolute Gasteiger partial charge is 0.323 e. The van der Waals surface area contributed by atoms with Crippen molar-refractivity contribution in [1.82, 2.24) is 9.57 Å². The highest BCUT2D eigenvalue weighted by atomic mass is 79.9. The first kappa shape index (κ1) is 28.1. The van der Waals surface area contributed by atoms with Gasteiger partial charge in [0.25, 0.3) is 0 Å². The predicted molar refractivity (Wildman–Crippen MR) is 153 cm³/mol. The Morgan fingerprint density at radius 3 is 2.64 bits per heavy atom. The van der Waals surface area contributed by atoms with Gasteiger partial charge in [-0.1, -0.05) is 29.3 Å². The fraction of sp³-hybridized carbons (Fsp3) is 0.222. The number of nitrogens with one attached hydrogen (secondary N) is 1. The molecule has 2 aromatic carbocycles. The third kappa shape index (κ3) is 5.33. The van der Waals surface area contributed by atoms with Crippen LogP contribution in [-0.4, -0.2) is 27.3 Å². The van der Waals surface area contributed by atoms with E-state index in [0.717, 1.165) is 24.3 Å². The molecule has 3 unspecified atom stereocenters. The fourth-order valence-electron chi connectivity index (χ4n) is 4.68. The molecule has 0 saturated carbocycles. The molecule has 3 aliphatic rings. The number of fused-ring (bicyclic) bond motifs is 1. The van der Waals surface area contributed by atoms with E-state index in [2.05, 4.69) is 25.3 Å². The number of alkyl halides is 1. The Morgan fingerprint density at radius 1 is 1.21 bits per heavy atom. The van der Waals surface area contributed by atoms with Crippen LogP contribution in [0.4, 0.5) is 23.2 Å². The molecular formula is C27H19BrCl2F4N3OS+. The first-order chi connectivity index (χ1) is 18.6. The normalized spacial score (nSPS) is 21.0. The minimum atomic E-state index is -1.47. The second kappa shape index (κ2) is 11.2. The molecule has 0 saturated heterocycles. The minimum absolute atomic E-state index is 0.000150. The third-order valence-electron chi connectivity index (χ3n) is 6.64. The summed E-state index contributed by atoms with van der Waals surface area (Å²) < 4.78 is 65.9. The molecule has 2 aliphatic heterocycles. The van der Waals surface area contributed by atoms with Crippen LogP contribution in [0.25, 0.3) is 0 Å². The Hall–Kier alpha value is -2.49. The Labute approximate surface area is 244 Å². The second-order valence-electron chi connectivity index (χ2n) is 9.06. The molecule has 2 heterocycles. The number of allylic oxidation sites excluding steroid dienone is 4. The van der Waals surface area contributed by atoms with Crippen molar-refractivity contribution in [2.75, 3.05) is 4.72 Å². The van der Waals surface area contributed by atoms with Gasteiger partial charge in [0, 0.05) is 42.9 Å². The van der Waals surface area contributed by atoms with Crippen LogP contribution in [0.3, 0.4) is 0 Å². The lowest BCUT2D eigenvalue weighted by Crippen LogP contribution is -2.29. The van der Waals surface area contributed by atoms with E-state index in [0.29, 0.717) is 44.4 Å². The molecule has 1 N–H and O–H groups in total. The van der Waals surface area contributed by atoms with Gasteiger partial charge < -0.3 is 4.72 Å². The van der Waals surface area contributed by atoms with Gasteiger partial charge in [-0.05, 0) is 55.3 Å². The zero-order chi connectivity index (χ0) is 28.0. The molecule has 12 heteroatoms. The van der Waals surface area contributed by atoms with Crippen LogP contribution in [0.5, 0.6) is 0 Å². The first-order valence-electron chi connectivity index (χ1n) is 11.8. The molecule has 0 bridgehead atoms. The summed E-state index contributed by atoms with van der Waals surface area (Å²) >= 11 is 16.9. The number of rotatable bonds is 7. The quantitative estimate of drug-likeness (QED) is 0.141. The van der Waals surface area contributed by atoms with E-state index in [-0.39, 0.29) is 22.6 Å². The zero-order valence-electron chi connectivity index (χ0n) is 20.1. The highest BCUT2D eigenvalue weighted by molar-refractivity contribution is 9.18. The summed E-state index contributed by atoms with van der Waals surface area (Å²) in [6.07, 6.45) is 2.35. The standard InChI is InChI=1S/C27H19BrCl2F4N3OS/c1-12(23-16(29)3-2-4-17(23)30)37-11-15(14-10-22(28)35-27(14)37)26(38)24-19(33)7-8-20(25(24)34)36-39-21-9-13(31)5-6-18(21)32/h2-5,7-9,11-12,14,18,36H,6,10H2,1H3/q+1. The molecule has 3 atom stereocenters. The molecule has 4 nitrogen and oxygen atoms in total. The average molecular weight is 660 g/mol. The monoisotopic (exact) mass is 658 g/mol. The number of Topliss-reactive ketones (excluding diaryl/α,β-unsaturated/α-hetero) is 1. The van der Waals surface area contributed by atoms with Crippen molar-refractivity contribution in [2.24, 2.45) is 5.92 Å². The number of amidine groups is 1. The van der Waals surface area contributed by atoms with Gasteiger partial charge in [-0.3, -0.25) is 4.79 Å². The number of nitrogens with zero attached hydrogens (tertiary/aromatic N) is 2. The van der Waals surface area contributed by atoms with Crippen LogP contribution in [0.2, 0.25) is 10.0 Å². The molecule has 0 amide bonds. The van der Waals surface area contributed by atoms with Gasteiger partial charge in [0.2, 0.25) is 4.62 Å². The number of carbonyl (C=O) groups excluding carboxylic acids is 1. The summed E-state index contributed by atoms with van der Waals surface area (Å²) in [5.41, 5.74) is -0.246. The van der Waals surface area contributed by atoms with Crippen molar-refractivity contribution in [3.63, 3.8) is 0 Å². The Morgan fingerprint density at radius 2 is 1.92 bits per heavy atom. The summed E-state index contributed by atoms with van der Waals surface area (Å²) in [6.45, 7) is 1.84. The fourth-order valence-corrected chi connectivity index (χ4v) is 6.68. The maximum atomic E-state index is 15.6. The third-order valence-corrected chi connectivity index (χ3v) is 8.73. The van der Waals surface area contributed by atoms with E-state index in [9.17, 15) is 18.0 Å². The highest BCUT2D eigenvalue weighted by Gasteiger charge is 2.50. The van der Waals surface area contributed by atoms with Crippen molar-refractivity contribution in [3.8, 4) is 0 Å². The minimum Gasteiger partial charge on any atom is -0.323 e. The van der Waals surface area contributed by atoms with E-state index in [4.69, 9.17) is 23.2 Å². The average Bonchev–Trinajstić information content (AvgIpc) is 3.42. The van der Waals surface area contributed by atoms with Crippen LogP contribution in [0.15, 0.2) is 65.0 Å². The molecule has 2 aromatic rings. The van der Waals surface area contributed by atoms with Crippen molar-refractivity contribution >= 4 is 73.0 Å². The maximum Gasteiger partial charge on any atom is 0.359 e. The molecule has 5 rings (SSSR count). The predicted octanol–water partition coefficient (Wildman–Crippen LogP) is 8.23. The lowest BCUT2D eigenvalue weighted by molar-refractivity contribution is 0.102. The van der Waals surface area contributed by atoms with Crippen LogP contribution < -0.4 is 9.39 Å². The molecule has 202 valence electrons. The molecule has 1 aliphatic carbocycles. The van der Waals surface area contributed by atoms with Crippen molar-refractivity contribution < 1.29 is 22.4 Å². The van der Waals surface area contributed by atoms with Gasteiger partial charge in [-0.25, -0.2) is 27.1 Å². The largest absolute Gasteiger partial charge is 0.359 e. The summed E-state index contributed by atoms with van der Waals surface area (Å²) in [5.74, 6) is -3.68. The summed E-state index contributed by atoms with van der Waals surface area (Å²) in [6, 6.07) is 6.71. The van der Waals surface area contributed by atoms with Crippen LogP contribution >= 0.6 is 51.1 Å². The van der Waals surface area contributed by atoms with Crippen LogP contribution in [0.1, 0.15) is 41.7 Å². The summed E-state index contributed by atoms with van der Waals surface area (Å²) in [7, 11) is 0. The SMILES string of the molecule is CC(c1c(Cl)cccc1Cl)N1C=C(C(=O)c2c(F)ccc(NSC3=CC(F)=CCC3F)c2F)C2CC(Br)=[N+]=C21. The topological polar surface area (TPSA) is 46.4 Å². The number of anilines is 1. The highest BCUT2D eigenvalue weighted by Crippen LogP contribution is 2.41. The van der Waals surface area contributed by atoms with E-state index < -0.39 is 46.9 Å². The van der Waals surface area contributed by atoms with Gasteiger partial charge in [0.1, 0.15) is 36.0 Å². The Balaban J connectivity index is 1.47. The first-order valence-corrected chi connectivity index (χ1v) is 14.1. The van der Waals surface area contributed by atoms with E-state index in [1.54, 1.807) is 23.1 Å². The van der Waals surface area contributed by atoms with Crippen molar-refractivity contribution in [1.29, 1.82) is 0 Å². The maximum absolute atomic E-state index is 15.6. The molecule has 39 heavy (non-hydrogen) atoms. The van der Waals surface area contributed by atoms with Gasteiger partial charge in [0.05, 0.1) is 23.2 Å². The van der Waals surface area contributed by atoms with E-state index in [1.807, 2.05) is 6.92 Å². The Bertz CT molecular complexity index is 1530. The lowest BCUT2D eigenvalue weighted by atomic mass is 9.91. The summed E-state index contributed by atoms with van der Waals surface area (Å²) in [4.78, 5) is 15.4. The molecule has 0 spiro atoms. The van der Waals surface area contributed by atoms with Gasteiger partial charge >= 0.3 is 5.84 Å². The lowest BCUT2D eigenvalue weighted by Gasteiger charge is -2.19. The van der Waals surface area contributed by atoms with Gasteiger partial charge in [-0.15, -0.1) is 0 Å². The number of hydrogen-bond acceptors (Lipinski definition) is 4. The number of hydrogen-bond donors (Lipinski definition) is 1. The zero-order valence-corrected chi connectivity index (χ0v) is 24.0. The van der Waals surface area contributed by atoms with Crippen molar-refractivity contribution in [2.45, 2.75) is 32.0 Å². The summed E-state index contributed by atoms with van der Waals surface area (Å²) in [5, 5.41) is 0.849. The van der Waals surface area contributed by atoms with E-state index >= 15 is 4.39 Å². The molecular weight excluding hydrogens is 641 g/mol. The number of ketones is 1. The molecule has 0 radical (unpaired) electrons. The van der Waals surface area contributed by atoms with Gasteiger partial charge in [-0.2, -0.15) is 0 Å². The molecule has 0 fully saturated rings. The van der Waals surface area contributed by atoms with E-state index in [1.165, 1.54) is 6.20 Å². The van der Waals surface area contributed by atoms with Crippen LogP contribution in [-0.2, 0) is 0 Å². The van der Waals surface area contributed by atoms with Crippen molar-refractivity contribution in [3.05, 3.63) is 97.8 Å². The number of halogens is 7. The van der Waals surface area contributed by atoms with Gasteiger partial charge in [0.15, 0.2) is 11.6 Å². The number of benzene rings is 2. The molecule has 0 aromatic heterocycles. The second-order valence-corrected chi connectivity index (χ2v) is 11.7.